The summed E-state index contributed by atoms with van der Waals surface area (Å²) in [6, 6.07) is 7.37. The lowest BCUT2D eigenvalue weighted by atomic mass is 10.1. The zero-order valence-corrected chi connectivity index (χ0v) is 12.1. The number of hydrogen-bond donors (Lipinski definition) is 0. The van der Waals surface area contributed by atoms with Crippen molar-refractivity contribution in [1.82, 2.24) is 0 Å². The van der Waals surface area contributed by atoms with E-state index in [4.69, 9.17) is 9.47 Å². The number of para-hydroxylation sites is 1. The summed E-state index contributed by atoms with van der Waals surface area (Å²) >= 11 is 0. The predicted octanol–water partition coefficient (Wildman–Crippen LogP) is 3.72. The van der Waals surface area contributed by atoms with Crippen LogP contribution in [0.5, 0.6) is 5.75 Å². The first-order valence-corrected chi connectivity index (χ1v) is 6.98. The van der Waals surface area contributed by atoms with E-state index in [0.717, 1.165) is 13.0 Å². The Balaban J connectivity index is 2.35. The van der Waals surface area contributed by atoms with Crippen LogP contribution in [0, 0.1) is 5.92 Å². The number of ketones is 1. The lowest BCUT2D eigenvalue weighted by Crippen LogP contribution is -2.10. The smallest absolute Gasteiger partial charge is 0.166 e. The minimum absolute atomic E-state index is 0.108. The highest BCUT2D eigenvalue weighted by Gasteiger charge is 2.09. The van der Waals surface area contributed by atoms with Crippen molar-refractivity contribution in [2.75, 3.05) is 19.8 Å². The fourth-order valence-corrected chi connectivity index (χ4v) is 1.64. The van der Waals surface area contributed by atoms with Crippen LogP contribution >= 0.6 is 0 Å². The maximum absolute atomic E-state index is 11.7. The normalized spacial score (nSPS) is 10.7. The van der Waals surface area contributed by atoms with Crippen LogP contribution in [0.25, 0.3) is 0 Å². The van der Waals surface area contributed by atoms with Gasteiger partial charge in [-0.25, -0.2) is 0 Å². The van der Waals surface area contributed by atoms with Gasteiger partial charge in [0, 0.05) is 13.0 Å². The first-order valence-electron chi connectivity index (χ1n) is 6.98. The fourth-order valence-electron chi connectivity index (χ4n) is 1.64. The Labute approximate surface area is 115 Å². The van der Waals surface area contributed by atoms with Gasteiger partial charge in [0.05, 0.1) is 12.2 Å². The molecule has 0 heterocycles. The van der Waals surface area contributed by atoms with Crippen LogP contribution < -0.4 is 4.74 Å². The van der Waals surface area contributed by atoms with Crippen LogP contribution in [0.2, 0.25) is 0 Å². The number of hydrogen-bond acceptors (Lipinski definition) is 3. The third-order valence-electron chi connectivity index (χ3n) is 2.83. The molecule has 0 aliphatic heterocycles. The summed E-state index contributed by atoms with van der Waals surface area (Å²) in [7, 11) is 0. The molecule has 106 valence electrons. The molecule has 0 bridgehead atoms. The largest absolute Gasteiger partial charge is 0.490 e. The molecule has 0 spiro atoms. The summed E-state index contributed by atoms with van der Waals surface area (Å²) in [5, 5.41) is 0. The minimum Gasteiger partial charge on any atom is -0.490 e. The van der Waals surface area contributed by atoms with E-state index in [9.17, 15) is 4.79 Å². The average molecular weight is 264 g/mol. The maximum atomic E-state index is 11.7. The second kappa shape index (κ2) is 8.70. The van der Waals surface area contributed by atoms with Crippen LogP contribution in [0.1, 0.15) is 44.0 Å². The Hall–Kier alpha value is -1.35. The summed E-state index contributed by atoms with van der Waals surface area (Å²) < 4.78 is 11.1. The first kappa shape index (κ1) is 15.7. The lowest BCUT2D eigenvalue weighted by Gasteiger charge is -2.11. The summed E-state index contributed by atoms with van der Waals surface area (Å²) in [6.45, 7) is 8.00. The monoisotopic (exact) mass is 264 g/mol. The Morgan fingerprint density at radius 2 is 1.89 bits per heavy atom. The van der Waals surface area contributed by atoms with Crippen LogP contribution in [-0.4, -0.2) is 25.6 Å². The molecule has 0 fully saturated rings. The van der Waals surface area contributed by atoms with E-state index in [0.29, 0.717) is 36.9 Å². The Morgan fingerprint density at radius 1 is 1.16 bits per heavy atom. The highest BCUT2D eigenvalue weighted by atomic mass is 16.5. The topological polar surface area (TPSA) is 35.5 Å². The molecule has 0 unspecified atom stereocenters. The molecule has 0 N–H and O–H groups in total. The van der Waals surface area contributed by atoms with Gasteiger partial charge in [-0.3, -0.25) is 4.79 Å². The molecular formula is C16H24O3. The molecule has 1 aromatic carbocycles. The summed E-state index contributed by atoms with van der Waals surface area (Å²) in [5.74, 6) is 1.42. The van der Waals surface area contributed by atoms with Gasteiger partial charge < -0.3 is 9.47 Å². The van der Waals surface area contributed by atoms with Crippen LogP contribution in [-0.2, 0) is 4.74 Å². The first-order chi connectivity index (χ1) is 9.15. The molecule has 0 saturated carbocycles. The molecule has 0 aliphatic rings. The Bertz CT molecular complexity index is 385. The molecular weight excluding hydrogens is 240 g/mol. The van der Waals surface area contributed by atoms with Gasteiger partial charge in [-0.05, 0) is 24.5 Å². The second-order valence-corrected chi connectivity index (χ2v) is 4.92. The van der Waals surface area contributed by atoms with Gasteiger partial charge in [0.15, 0.2) is 5.78 Å². The number of benzene rings is 1. The molecule has 3 heteroatoms. The molecule has 19 heavy (non-hydrogen) atoms. The van der Waals surface area contributed by atoms with E-state index in [1.165, 1.54) is 0 Å². The van der Waals surface area contributed by atoms with Crippen molar-refractivity contribution in [2.24, 2.45) is 5.92 Å². The highest BCUT2D eigenvalue weighted by molar-refractivity contribution is 5.98. The van der Waals surface area contributed by atoms with Crippen molar-refractivity contribution < 1.29 is 14.3 Å². The van der Waals surface area contributed by atoms with Gasteiger partial charge in [-0.2, -0.15) is 0 Å². The average Bonchev–Trinajstić information content (AvgIpc) is 2.42. The molecule has 3 nitrogen and oxygen atoms in total. The lowest BCUT2D eigenvalue weighted by molar-refractivity contribution is 0.0902. The van der Waals surface area contributed by atoms with Crippen molar-refractivity contribution >= 4 is 5.78 Å². The van der Waals surface area contributed by atoms with E-state index < -0.39 is 0 Å². The van der Waals surface area contributed by atoms with Gasteiger partial charge in [0.1, 0.15) is 12.4 Å². The molecule has 0 aliphatic carbocycles. The van der Waals surface area contributed by atoms with Crippen LogP contribution in [0.3, 0.4) is 0 Å². The number of rotatable bonds is 9. The summed E-state index contributed by atoms with van der Waals surface area (Å²) in [5.41, 5.74) is 0.659. The molecule has 1 aromatic rings. The van der Waals surface area contributed by atoms with Crippen LogP contribution in [0.15, 0.2) is 24.3 Å². The quantitative estimate of drug-likeness (QED) is 0.503. The summed E-state index contributed by atoms with van der Waals surface area (Å²) in [4.78, 5) is 11.7. The Kier molecular flexibility index (Phi) is 7.19. The molecule has 0 radical (unpaired) electrons. The number of ether oxygens (including phenoxy) is 2. The van der Waals surface area contributed by atoms with Gasteiger partial charge >= 0.3 is 0 Å². The van der Waals surface area contributed by atoms with E-state index >= 15 is 0 Å². The Morgan fingerprint density at radius 3 is 2.58 bits per heavy atom. The van der Waals surface area contributed by atoms with Crippen molar-refractivity contribution in [2.45, 2.75) is 33.6 Å². The third kappa shape index (κ3) is 5.88. The van der Waals surface area contributed by atoms with Gasteiger partial charge in [-0.15, -0.1) is 0 Å². The van der Waals surface area contributed by atoms with E-state index in [1.54, 1.807) is 6.07 Å². The molecule has 0 aromatic heterocycles. The third-order valence-corrected chi connectivity index (χ3v) is 2.83. The van der Waals surface area contributed by atoms with Gasteiger partial charge in [0.2, 0.25) is 0 Å². The fraction of sp³-hybridized carbons (Fsp3) is 0.562. The van der Waals surface area contributed by atoms with E-state index in [-0.39, 0.29) is 5.78 Å². The van der Waals surface area contributed by atoms with E-state index in [2.05, 4.69) is 13.8 Å². The number of carbonyl (C=O) groups is 1. The standard InChI is InChI=1S/C16H24O3/c1-4-15(17)14-7-5-6-8-16(14)19-12-11-18-10-9-13(2)3/h5-8,13H,4,9-12H2,1-3H3. The van der Waals surface area contributed by atoms with Crippen LogP contribution in [0.4, 0.5) is 0 Å². The summed E-state index contributed by atoms with van der Waals surface area (Å²) in [6.07, 6.45) is 1.55. The van der Waals surface area contributed by atoms with Gasteiger partial charge in [-0.1, -0.05) is 32.9 Å². The molecule has 0 amide bonds. The minimum atomic E-state index is 0.108. The van der Waals surface area contributed by atoms with Crippen molar-refractivity contribution in [3.63, 3.8) is 0 Å². The zero-order chi connectivity index (χ0) is 14.1. The maximum Gasteiger partial charge on any atom is 0.166 e. The van der Waals surface area contributed by atoms with Crippen molar-refractivity contribution in [3.8, 4) is 5.75 Å². The highest BCUT2D eigenvalue weighted by Crippen LogP contribution is 2.19. The van der Waals surface area contributed by atoms with Crippen molar-refractivity contribution in [1.29, 1.82) is 0 Å². The van der Waals surface area contributed by atoms with Crippen molar-refractivity contribution in [3.05, 3.63) is 29.8 Å². The molecule has 0 atom stereocenters. The SMILES string of the molecule is CCC(=O)c1ccccc1OCCOCCC(C)C. The van der Waals surface area contributed by atoms with Gasteiger partial charge in [0.25, 0.3) is 0 Å². The number of carbonyl (C=O) groups excluding carboxylic acids is 1. The number of Topliss-reactive ketones (excluding diaryl/α,β-unsaturated/α-hetero) is 1. The predicted molar refractivity (Wildman–Crippen MR) is 76.8 cm³/mol. The van der Waals surface area contributed by atoms with E-state index in [1.807, 2.05) is 25.1 Å². The second-order valence-electron chi connectivity index (χ2n) is 4.92. The zero-order valence-electron chi connectivity index (χ0n) is 12.1. The molecule has 0 saturated heterocycles. The molecule has 1 rings (SSSR count).